The number of aromatic nitrogens is 3. The average molecular weight is 437 g/mol. The largest absolute Gasteiger partial charge is 0.367 e. The summed E-state index contributed by atoms with van der Waals surface area (Å²) >= 11 is 0. The molecule has 0 bridgehead atoms. The quantitative estimate of drug-likeness (QED) is 0.617. The summed E-state index contributed by atoms with van der Waals surface area (Å²) in [5, 5.41) is 1.20. The molecule has 3 aromatic rings. The number of nitrogens with zero attached hydrogens (tertiary/aromatic N) is 6. The first-order chi connectivity index (χ1) is 15.5. The van der Waals surface area contributed by atoms with Gasteiger partial charge in [0.05, 0.1) is 23.4 Å². The first-order valence-electron chi connectivity index (χ1n) is 10.4. The first-order valence-corrected chi connectivity index (χ1v) is 10.4. The molecule has 0 saturated carbocycles. The van der Waals surface area contributed by atoms with Crippen LogP contribution in [0.5, 0.6) is 0 Å². The van der Waals surface area contributed by atoms with Crippen molar-refractivity contribution in [1.82, 2.24) is 19.9 Å². The zero-order valence-corrected chi connectivity index (χ0v) is 19.4. The Morgan fingerprint density at radius 1 is 1.00 bits per heavy atom. The molecule has 0 amide bonds. The van der Waals surface area contributed by atoms with Gasteiger partial charge in [0.15, 0.2) is 0 Å². The molecular formula is C24H32N6O2. The maximum atomic E-state index is 8.00. The smallest absolute Gasteiger partial charge is 0.132 e. The normalized spacial score (nSPS) is 13.6. The minimum absolute atomic E-state index is 0.721. The van der Waals surface area contributed by atoms with E-state index in [9.17, 15) is 0 Å². The molecular weight excluding hydrogens is 404 g/mol. The van der Waals surface area contributed by atoms with E-state index in [4.69, 9.17) is 14.6 Å². The standard InChI is InChI=1S/C22H28N6.2CH2O/c1-16-7-8-20(22-19(16)6-5-9-23-22)27(4)15-18-14-21(25-17(2)24-18)28-12-10-26(3)11-13-28;2*1-2/h5-9,14H,10-13,15H2,1-4H3;2*1H2. The third-order valence-corrected chi connectivity index (χ3v) is 5.48. The van der Waals surface area contributed by atoms with Crippen molar-refractivity contribution in [2.45, 2.75) is 20.4 Å². The zero-order chi connectivity index (χ0) is 23.7. The Morgan fingerprint density at radius 3 is 2.38 bits per heavy atom. The second-order valence-corrected chi connectivity index (χ2v) is 7.71. The number of benzene rings is 1. The number of piperazine rings is 1. The molecule has 0 atom stereocenters. The Morgan fingerprint density at radius 2 is 1.69 bits per heavy atom. The minimum atomic E-state index is 0.721. The molecule has 1 fully saturated rings. The topological polar surface area (TPSA) is 82.5 Å². The van der Waals surface area contributed by atoms with Crippen LogP contribution in [0, 0.1) is 13.8 Å². The number of carbonyl (C=O) groups is 2. The Balaban J connectivity index is 0.000000860. The highest BCUT2D eigenvalue weighted by atomic mass is 16.1. The maximum Gasteiger partial charge on any atom is 0.132 e. The predicted octanol–water partition coefficient (Wildman–Crippen LogP) is 2.66. The first kappa shape index (κ1) is 24.9. The second-order valence-electron chi connectivity index (χ2n) is 7.71. The van der Waals surface area contributed by atoms with Crippen molar-refractivity contribution in [3.8, 4) is 0 Å². The lowest BCUT2D eigenvalue weighted by atomic mass is 10.1. The summed E-state index contributed by atoms with van der Waals surface area (Å²) in [4.78, 5) is 37.0. The number of hydrogen-bond donors (Lipinski definition) is 0. The van der Waals surface area contributed by atoms with Crippen molar-refractivity contribution in [2.75, 3.05) is 50.1 Å². The number of hydrogen-bond acceptors (Lipinski definition) is 8. The summed E-state index contributed by atoms with van der Waals surface area (Å²) in [7, 11) is 4.27. The summed E-state index contributed by atoms with van der Waals surface area (Å²) in [6.45, 7) is 13.0. The SMILES string of the molecule is C=O.C=O.Cc1nc(CN(C)c2ccc(C)c3cccnc23)cc(N2CCN(C)CC2)n1. The monoisotopic (exact) mass is 436 g/mol. The average Bonchev–Trinajstić information content (AvgIpc) is 2.82. The van der Waals surface area contributed by atoms with Gasteiger partial charge in [0.1, 0.15) is 25.2 Å². The van der Waals surface area contributed by atoms with Gasteiger partial charge in [-0.25, -0.2) is 9.97 Å². The molecule has 0 unspecified atom stereocenters. The van der Waals surface area contributed by atoms with Gasteiger partial charge in [-0.15, -0.1) is 0 Å². The van der Waals surface area contributed by atoms with Crippen LogP contribution < -0.4 is 9.80 Å². The van der Waals surface area contributed by atoms with E-state index in [2.05, 4.69) is 70.0 Å². The lowest BCUT2D eigenvalue weighted by Gasteiger charge is -2.33. The molecule has 32 heavy (non-hydrogen) atoms. The number of fused-ring (bicyclic) bond motifs is 1. The predicted molar refractivity (Wildman–Crippen MR) is 129 cm³/mol. The number of aryl methyl sites for hydroxylation is 2. The van der Waals surface area contributed by atoms with Crippen molar-refractivity contribution in [1.29, 1.82) is 0 Å². The number of rotatable bonds is 4. The Labute approximate surface area is 189 Å². The van der Waals surface area contributed by atoms with Crippen molar-refractivity contribution in [2.24, 2.45) is 0 Å². The van der Waals surface area contributed by atoms with Gasteiger partial charge in [-0.05, 0) is 38.6 Å². The summed E-state index contributed by atoms with van der Waals surface area (Å²) in [6, 6.07) is 10.6. The van der Waals surface area contributed by atoms with Crippen LogP contribution in [0.3, 0.4) is 0 Å². The molecule has 0 N–H and O–H groups in total. The highest BCUT2D eigenvalue weighted by Crippen LogP contribution is 2.28. The molecule has 1 saturated heterocycles. The van der Waals surface area contributed by atoms with E-state index in [1.54, 1.807) is 0 Å². The summed E-state index contributed by atoms with van der Waals surface area (Å²) in [6.07, 6.45) is 1.86. The van der Waals surface area contributed by atoms with Crippen molar-refractivity contribution >= 4 is 36.0 Å². The van der Waals surface area contributed by atoms with E-state index in [0.717, 1.165) is 61.3 Å². The molecule has 0 aliphatic carbocycles. The minimum Gasteiger partial charge on any atom is -0.367 e. The lowest BCUT2D eigenvalue weighted by Crippen LogP contribution is -2.45. The van der Waals surface area contributed by atoms with Crippen LogP contribution in [0.2, 0.25) is 0 Å². The van der Waals surface area contributed by atoms with Crippen LogP contribution in [0.1, 0.15) is 17.1 Å². The molecule has 0 spiro atoms. The fraction of sp³-hybridized carbons (Fsp3) is 0.375. The molecule has 1 aliphatic heterocycles. The summed E-state index contributed by atoms with van der Waals surface area (Å²) in [5.41, 5.74) is 4.44. The molecule has 3 heterocycles. The highest BCUT2D eigenvalue weighted by Gasteiger charge is 2.17. The Bertz CT molecular complexity index is 1020. The van der Waals surface area contributed by atoms with E-state index in [1.807, 2.05) is 32.8 Å². The van der Waals surface area contributed by atoms with Gasteiger partial charge in [-0.1, -0.05) is 12.1 Å². The number of anilines is 2. The number of pyridine rings is 1. The van der Waals surface area contributed by atoms with Gasteiger partial charge in [-0.2, -0.15) is 0 Å². The number of carbonyl (C=O) groups excluding carboxylic acids is 2. The highest BCUT2D eigenvalue weighted by molar-refractivity contribution is 5.92. The van der Waals surface area contributed by atoms with Gasteiger partial charge in [-0.3, -0.25) is 4.98 Å². The lowest BCUT2D eigenvalue weighted by molar-refractivity contribution is -0.0987. The van der Waals surface area contributed by atoms with E-state index >= 15 is 0 Å². The Kier molecular flexibility index (Phi) is 9.22. The Hall–Kier alpha value is -3.39. The fourth-order valence-electron chi connectivity index (χ4n) is 3.83. The molecule has 8 heteroatoms. The van der Waals surface area contributed by atoms with Crippen molar-refractivity contribution in [3.05, 3.63) is 53.6 Å². The molecule has 8 nitrogen and oxygen atoms in total. The fourth-order valence-corrected chi connectivity index (χ4v) is 3.83. The van der Waals surface area contributed by atoms with Gasteiger partial charge in [0.2, 0.25) is 0 Å². The summed E-state index contributed by atoms with van der Waals surface area (Å²) < 4.78 is 0. The molecule has 1 aromatic carbocycles. The van der Waals surface area contributed by atoms with Crippen LogP contribution in [0.25, 0.3) is 10.9 Å². The van der Waals surface area contributed by atoms with E-state index in [-0.39, 0.29) is 0 Å². The van der Waals surface area contributed by atoms with E-state index in [0.29, 0.717) is 0 Å². The zero-order valence-electron chi connectivity index (χ0n) is 19.4. The van der Waals surface area contributed by atoms with E-state index in [1.165, 1.54) is 10.9 Å². The second kappa shape index (κ2) is 11.9. The molecule has 170 valence electrons. The maximum absolute atomic E-state index is 8.00. The van der Waals surface area contributed by atoms with Gasteiger partial charge in [0.25, 0.3) is 0 Å². The van der Waals surface area contributed by atoms with Crippen LogP contribution in [0.15, 0.2) is 36.5 Å². The number of likely N-dealkylation sites (N-methyl/N-ethyl adjacent to an activating group) is 1. The van der Waals surface area contributed by atoms with Gasteiger partial charge < -0.3 is 24.3 Å². The molecule has 1 aliphatic rings. The van der Waals surface area contributed by atoms with Gasteiger partial charge in [0, 0.05) is 50.9 Å². The van der Waals surface area contributed by atoms with E-state index < -0.39 is 0 Å². The molecule has 0 radical (unpaired) electrons. The van der Waals surface area contributed by atoms with Crippen LogP contribution >= 0.6 is 0 Å². The summed E-state index contributed by atoms with van der Waals surface area (Å²) in [5.74, 6) is 1.86. The van der Waals surface area contributed by atoms with Crippen LogP contribution in [-0.2, 0) is 16.1 Å². The van der Waals surface area contributed by atoms with Crippen LogP contribution in [-0.4, -0.2) is 73.7 Å². The van der Waals surface area contributed by atoms with Crippen LogP contribution in [0.4, 0.5) is 11.5 Å². The molecule has 2 aromatic heterocycles. The van der Waals surface area contributed by atoms with Crippen molar-refractivity contribution in [3.63, 3.8) is 0 Å². The van der Waals surface area contributed by atoms with Crippen molar-refractivity contribution < 1.29 is 9.59 Å². The third kappa shape index (κ3) is 5.85. The van der Waals surface area contributed by atoms with Gasteiger partial charge >= 0.3 is 0 Å². The third-order valence-electron chi connectivity index (χ3n) is 5.48. The molecule has 4 rings (SSSR count).